The molecular formula is C11H24N2OS. The number of nitrogens with two attached hydrogens (primary N) is 1. The van der Waals surface area contributed by atoms with Crippen molar-refractivity contribution < 1.29 is 4.79 Å². The Morgan fingerprint density at radius 3 is 2.67 bits per heavy atom. The molecule has 0 saturated carbocycles. The van der Waals surface area contributed by atoms with Crippen molar-refractivity contribution in [1.82, 2.24) is 5.32 Å². The maximum absolute atomic E-state index is 11.4. The van der Waals surface area contributed by atoms with Gasteiger partial charge in [-0.25, -0.2) is 0 Å². The number of carbonyl (C=O) groups is 1. The second kappa shape index (κ2) is 10.3. The smallest absolute Gasteiger partial charge is 0.237 e. The number of unbranched alkanes of at least 4 members (excludes halogenated alkanes) is 3. The fourth-order valence-electron chi connectivity index (χ4n) is 1.21. The van der Waals surface area contributed by atoms with E-state index in [-0.39, 0.29) is 11.9 Å². The van der Waals surface area contributed by atoms with Crippen LogP contribution in [0.5, 0.6) is 0 Å². The average Bonchev–Trinajstić information content (AvgIpc) is 2.25. The lowest BCUT2D eigenvalue weighted by atomic mass is 10.2. The predicted octanol–water partition coefficient (Wildman–Crippen LogP) is 1.76. The van der Waals surface area contributed by atoms with Gasteiger partial charge in [-0.15, -0.1) is 0 Å². The van der Waals surface area contributed by atoms with Gasteiger partial charge in [0.1, 0.15) is 0 Å². The lowest BCUT2D eigenvalue weighted by Gasteiger charge is -2.11. The minimum atomic E-state index is -0.346. The predicted molar refractivity (Wildman–Crippen MR) is 68.1 cm³/mol. The van der Waals surface area contributed by atoms with Crippen molar-refractivity contribution in [1.29, 1.82) is 0 Å². The Bertz CT molecular complexity index is 165. The SMILES string of the molecule is CCCCCCNC(=O)[C@@H](N)CSCC. The largest absolute Gasteiger partial charge is 0.355 e. The first-order valence-corrected chi connectivity index (χ1v) is 6.98. The first-order valence-electron chi connectivity index (χ1n) is 5.83. The summed E-state index contributed by atoms with van der Waals surface area (Å²) in [5, 5.41) is 2.87. The summed E-state index contributed by atoms with van der Waals surface area (Å²) in [5.74, 6) is 1.72. The Morgan fingerprint density at radius 2 is 2.07 bits per heavy atom. The quantitative estimate of drug-likeness (QED) is 0.596. The molecule has 0 aliphatic carbocycles. The standard InChI is InChI=1S/C11H24N2OS/c1-3-5-6-7-8-13-11(14)10(12)9-15-4-2/h10H,3-9,12H2,1-2H3,(H,13,14)/t10-/m0/s1. The van der Waals surface area contributed by atoms with Crippen LogP contribution in [0.2, 0.25) is 0 Å². The average molecular weight is 232 g/mol. The first kappa shape index (κ1) is 14.8. The van der Waals surface area contributed by atoms with Gasteiger partial charge in [-0.05, 0) is 12.2 Å². The van der Waals surface area contributed by atoms with Gasteiger partial charge in [-0.3, -0.25) is 4.79 Å². The van der Waals surface area contributed by atoms with Crippen LogP contribution >= 0.6 is 11.8 Å². The number of rotatable bonds is 9. The van der Waals surface area contributed by atoms with Gasteiger partial charge >= 0.3 is 0 Å². The second-order valence-corrected chi connectivity index (χ2v) is 4.94. The minimum absolute atomic E-state index is 0.00699. The number of hydrogen-bond acceptors (Lipinski definition) is 3. The molecular weight excluding hydrogens is 208 g/mol. The molecule has 1 atom stereocenters. The van der Waals surface area contributed by atoms with Crippen molar-refractivity contribution in [2.24, 2.45) is 5.73 Å². The summed E-state index contributed by atoms with van der Waals surface area (Å²) in [6.07, 6.45) is 4.72. The molecule has 0 bridgehead atoms. The van der Waals surface area contributed by atoms with Crippen LogP contribution in [0.3, 0.4) is 0 Å². The van der Waals surface area contributed by atoms with Crippen molar-refractivity contribution in [3.63, 3.8) is 0 Å². The van der Waals surface area contributed by atoms with Gasteiger partial charge in [0.25, 0.3) is 0 Å². The topological polar surface area (TPSA) is 55.1 Å². The normalized spacial score (nSPS) is 12.5. The highest BCUT2D eigenvalue weighted by Crippen LogP contribution is 2.00. The summed E-state index contributed by atoms with van der Waals surface area (Å²) in [6, 6.07) is -0.346. The third-order valence-corrected chi connectivity index (χ3v) is 3.17. The Hall–Kier alpha value is -0.220. The van der Waals surface area contributed by atoms with E-state index < -0.39 is 0 Å². The van der Waals surface area contributed by atoms with Crippen LogP contribution < -0.4 is 11.1 Å². The molecule has 0 aromatic heterocycles. The highest BCUT2D eigenvalue weighted by molar-refractivity contribution is 7.99. The highest BCUT2D eigenvalue weighted by Gasteiger charge is 2.11. The molecule has 3 nitrogen and oxygen atoms in total. The summed E-state index contributed by atoms with van der Waals surface area (Å²) in [4.78, 5) is 11.4. The van der Waals surface area contributed by atoms with Gasteiger partial charge in [-0.2, -0.15) is 11.8 Å². The molecule has 0 aromatic rings. The van der Waals surface area contributed by atoms with Crippen LogP contribution in [-0.2, 0) is 4.79 Å². The van der Waals surface area contributed by atoms with Crippen molar-refractivity contribution in [2.75, 3.05) is 18.1 Å². The third kappa shape index (κ3) is 8.75. The van der Waals surface area contributed by atoms with Crippen molar-refractivity contribution >= 4 is 17.7 Å². The van der Waals surface area contributed by atoms with Gasteiger partial charge < -0.3 is 11.1 Å². The number of hydrogen-bond donors (Lipinski definition) is 2. The van der Waals surface area contributed by atoms with Gasteiger partial charge in [0, 0.05) is 12.3 Å². The number of thioether (sulfide) groups is 1. The number of nitrogens with one attached hydrogen (secondary N) is 1. The first-order chi connectivity index (χ1) is 7.22. The molecule has 3 N–H and O–H groups in total. The molecule has 0 spiro atoms. The summed E-state index contributed by atoms with van der Waals surface area (Å²) in [7, 11) is 0. The van der Waals surface area contributed by atoms with Crippen LogP contribution in [0.4, 0.5) is 0 Å². The zero-order chi connectivity index (χ0) is 11.5. The van der Waals surface area contributed by atoms with E-state index >= 15 is 0 Å². The van der Waals surface area contributed by atoms with Crippen LogP contribution in [0, 0.1) is 0 Å². The van der Waals surface area contributed by atoms with Crippen molar-refractivity contribution in [2.45, 2.75) is 45.6 Å². The molecule has 0 aliphatic heterocycles. The van der Waals surface area contributed by atoms with Gasteiger partial charge in [0.15, 0.2) is 0 Å². The van der Waals surface area contributed by atoms with Crippen LogP contribution in [0.1, 0.15) is 39.5 Å². The van der Waals surface area contributed by atoms with Crippen molar-refractivity contribution in [3.05, 3.63) is 0 Å². The Morgan fingerprint density at radius 1 is 1.33 bits per heavy atom. The van der Waals surface area contributed by atoms with E-state index in [1.165, 1.54) is 19.3 Å². The molecule has 0 rings (SSSR count). The van der Waals surface area contributed by atoms with Gasteiger partial charge in [0.2, 0.25) is 5.91 Å². The molecule has 90 valence electrons. The minimum Gasteiger partial charge on any atom is -0.355 e. The Balaban J connectivity index is 3.38. The molecule has 15 heavy (non-hydrogen) atoms. The fourth-order valence-corrected chi connectivity index (χ4v) is 1.86. The Kier molecular flexibility index (Phi) is 10.2. The van der Waals surface area contributed by atoms with Crippen LogP contribution in [0.15, 0.2) is 0 Å². The highest BCUT2D eigenvalue weighted by atomic mass is 32.2. The summed E-state index contributed by atoms with van der Waals surface area (Å²) in [6.45, 7) is 5.01. The molecule has 0 aromatic carbocycles. The molecule has 0 heterocycles. The molecule has 0 fully saturated rings. The molecule has 0 aliphatic rings. The summed E-state index contributed by atoms with van der Waals surface area (Å²) < 4.78 is 0. The Labute approximate surface area is 97.6 Å². The van der Waals surface area contributed by atoms with Crippen LogP contribution in [-0.4, -0.2) is 30.0 Å². The lowest BCUT2D eigenvalue weighted by molar-refractivity contribution is -0.121. The summed E-state index contributed by atoms with van der Waals surface area (Å²) >= 11 is 1.71. The van der Waals surface area contributed by atoms with E-state index in [4.69, 9.17) is 5.73 Å². The maximum Gasteiger partial charge on any atom is 0.237 e. The molecule has 0 radical (unpaired) electrons. The zero-order valence-electron chi connectivity index (χ0n) is 9.92. The monoisotopic (exact) mass is 232 g/mol. The van der Waals surface area contributed by atoms with E-state index in [2.05, 4.69) is 19.2 Å². The zero-order valence-corrected chi connectivity index (χ0v) is 10.7. The summed E-state index contributed by atoms with van der Waals surface area (Å²) in [5.41, 5.74) is 5.71. The third-order valence-electron chi connectivity index (χ3n) is 2.17. The number of carbonyl (C=O) groups excluding carboxylic acids is 1. The van der Waals surface area contributed by atoms with E-state index in [1.54, 1.807) is 11.8 Å². The molecule has 4 heteroatoms. The van der Waals surface area contributed by atoms with E-state index in [0.29, 0.717) is 0 Å². The lowest BCUT2D eigenvalue weighted by Crippen LogP contribution is -2.42. The number of amides is 1. The van der Waals surface area contributed by atoms with Crippen molar-refractivity contribution in [3.8, 4) is 0 Å². The van der Waals surface area contributed by atoms with Gasteiger partial charge in [0.05, 0.1) is 6.04 Å². The van der Waals surface area contributed by atoms with Gasteiger partial charge in [-0.1, -0.05) is 33.1 Å². The fraction of sp³-hybridized carbons (Fsp3) is 0.909. The maximum atomic E-state index is 11.4. The van der Waals surface area contributed by atoms with Crippen LogP contribution in [0.25, 0.3) is 0 Å². The van der Waals surface area contributed by atoms with E-state index in [0.717, 1.165) is 24.5 Å². The molecule has 0 saturated heterocycles. The van der Waals surface area contributed by atoms with E-state index in [1.807, 2.05) is 0 Å². The van der Waals surface area contributed by atoms with E-state index in [9.17, 15) is 4.79 Å². The second-order valence-electron chi connectivity index (χ2n) is 3.62. The molecule has 1 amide bonds. The molecule has 0 unspecified atom stereocenters.